The highest BCUT2D eigenvalue weighted by molar-refractivity contribution is 14.0. The Bertz CT molecular complexity index is 592. The molecule has 0 aliphatic carbocycles. The van der Waals surface area contributed by atoms with Gasteiger partial charge in [-0.1, -0.05) is 39.8 Å². The molecule has 0 radical (unpaired) electrons. The molecule has 1 amide bonds. The number of aliphatic imine (C=N–C) groups is 1. The average Bonchev–Trinajstić information content (AvgIpc) is 2.59. The Kier molecular flexibility index (Phi) is 14.8. The maximum atomic E-state index is 11.9. The third-order valence-corrected chi connectivity index (χ3v) is 3.87. The van der Waals surface area contributed by atoms with Gasteiger partial charge in [0.1, 0.15) is 0 Å². The molecule has 0 bridgehead atoms. The van der Waals surface area contributed by atoms with E-state index in [1.54, 1.807) is 7.05 Å². The van der Waals surface area contributed by atoms with Crippen molar-refractivity contribution >= 4 is 41.5 Å². The molecule has 1 rings (SSSR count). The van der Waals surface area contributed by atoms with Crippen molar-refractivity contribution in [3.8, 4) is 0 Å². The van der Waals surface area contributed by atoms with Crippen LogP contribution in [0.1, 0.15) is 46.1 Å². The fourth-order valence-corrected chi connectivity index (χ4v) is 2.41. The van der Waals surface area contributed by atoms with Crippen molar-refractivity contribution in [1.82, 2.24) is 10.6 Å². The fourth-order valence-electron chi connectivity index (χ4n) is 2.41. The Labute approximate surface area is 187 Å². The normalized spacial score (nSPS) is 11.3. The Hall–Kier alpha value is -1.35. The van der Waals surface area contributed by atoms with Crippen molar-refractivity contribution < 1.29 is 9.53 Å². The maximum Gasteiger partial charge on any atom is 0.224 e. The van der Waals surface area contributed by atoms with Gasteiger partial charge in [0, 0.05) is 38.9 Å². The number of amides is 1. The molecule has 6 nitrogen and oxygen atoms in total. The highest BCUT2D eigenvalue weighted by Crippen LogP contribution is 2.12. The Morgan fingerprint density at radius 3 is 2.50 bits per heavy atom. The van der Waals surface area contributed by atoms with Crippen molar-refractivity contribution in [2.24, 2.45) is 16.8 Å². The SMILES string of the molecule is CN=C(NCCOCCC(C)C)NCc1cccc(NC(=O)CC(C)C)c1.I. The topological polar surface area (TPSA) is 74.8 Å². The molecule has 0 saturated carbocycles. The molecule has 0 heterocycles. The number of carbonyl (C=O) groups excluding carboxylic acids is 1. The van der Waals surface area contributed by atoms with Crippen molar-refractivity contribution in [3.05, 3.63) is 29.8 Å². The van der Waals surface area contributed by atoms with Crippen LogP contribution in [0.25, 0.3) is 0 Å². The number of hydrogen-bond acceptors (Lipinski definition) is 3. The van der Waals surface area contributed by atoms with Crippen molar-refractivity contribution in [3.63, 3.8) is 0 Å². The quantitative estimate of drug-likeness (QED) is 0.184. The average molecular weight is 504 g/mol. The van der Waals surface area contributed by atoms with Crippen LogP contribution in [0.5, 0.6) is 0 Å². The lowest BCUT2D eigenvalue weighted by atomic mass is 10.1. The molecule has 0 unspecified atom stereocenters. The van der Waals surface area contributed by atoms with Gasteiger partial charge in [-0.2, -0.15) is 0 Å². The molecule has 0 aliphatic heterocycles. The number of halogens is 1. The smallest absolute Gasteiger partial charge is 0.224 e. The van der Waals surface area contributed by atoms with Crippen molar-refractivity contribution in [2.45, 2.75) is 47.1 Å². The van der Waals surface area contributed by atoms with Crippen LogP contribution in [0.3, 0.4) is 0 Å². The van der Waals surface area contributed by atoms with Crippen LogP contribution in [0, 0.1) is 11.8 Å². The van der Waals surface area contributed by atoms with Gasteiger partial charge in [-0.05, 0) is 36.0 Å². The summed E-state index contributed by atoms with van der Waals surface area (Å²) in [7, 11) is 1.75. The molecule has 0 aromatic heterocycles. The first kappa shape index (κ1) is 26.6. The van der Waals surface area contributed by atoms with Crippen molar-refractivity contribution in [2.75, 3.05) is 32.1 Å². The summed E-state index contributed by atoms with van der Waals surface area (Å²) in [5, 5.41) is 9.47. The Morgan fingerprint density at radius 1 is 1.11 bits per heavy atom. The van der Waals surface area contributed by atoms with Crippen LogP contribution in [0.15, 0.2) is 29.3 Å². The largest absolute Gasteiger partial charge is 0.380 e. The highest BCUT2D eigenvalue weighted by Gasteiger charge is 2.06. The number of anilines is 1. The van der Waals surface area contributed by atoms with E-state index in [4.69, 9.17) is 4.74 Å². The molecule has 1 aromatic carbocycles. The second-order valence-corrected chi connectivity index (χ2v) is 7.49. The van der Waals surface area contributed by atoms with Crippen LogP contribution >= 0.6 is 24.0 Å². The van der Waals surface area contributed by atoms with Gasteiger partial charge in [0.2, 0.25) is 5.91 Å². The molecule has 0 saturated heterocycles. The Balaban J connectivity index is 0.00000729. The van der Waals surface area contributed by atoms with E-state index >= 15 is 0 Å². The minimum Gasteiger partial charge on any atom is -0.380 e. The Morgan fingerprint density at radius 2 is 1.86 bits per heavy atom. The van der Waals surface area contributed by atoms with Gasteiger partial charge >= 0.3 is 0 Å². The lowest BCUT2D eigenvalue weighted by molar-refractivity contribution is -0.116. The fraction of sp³-hybridized carbons (Fsp3) is 0.619. The van der Waals surface area contributed by atoms with Crippen LogP contribution in [0.4, 0.5) is 5.69 Å². The van der Waals surface area contributed by atoms with Gasteiger partial charge in [-0.3, -0.25) is 9.79 Å². The first-order valence-electron chi connectivity index (χ1n) is 9.81. The molecule has 0 aliphatic rings. The molecular weight excluding hydrogens is 467 g/mol. The summed E-state index contributed by atoms with van der Waals surface area (Å²) < 4.78 is 5.60. The summed E-state index contributed by atoms with van der Waals surface area (Å²) in [6.45, 7) is 11.2. The van der Waals surface area contributed by atoms with Gasteiger partial charge < -0.3 is 20.7 Å². The van der Waals surface area contributed by atoms with E-state index in [2.05, 4.69) is 34.8 Å². The first-order chi connectivity index (χ1) is 12.9. The number of carbonyl (C=O) groups is 1. The molecular formula is C21H37IN4O2. The van der Waals surface area contributed by atoms with Gasteiger partial charge in [-0.25, -0.2) is 0 Å². The van der Waals surface area contributed by atoms with Gasteiger partial charge in [0.15, 0.2) is 5.96 Å². The molecule has 0 fully saturated rings. The van der Waals surface area contributed by atoms with Gasteiger partial charge in [0.25, 0.3) is 0 Å². The monoisotopic (exact) mass is 504 g/mol. The first-order valence-corrected chi connectivity index (χ1v) is 9.81. The number of ether oxygens (including phenoxy) is 1. The van der Waals surface area contributed by atoms with E-state index in [1.807, 2.05) is 38.1 Å². The second-order valence-electron chi connectivity index (χ2n) is 7.49. The number of benzene rings is 1. The molecule has 3 N–H and O–H groups in total. The third kappa shape index (κ3) is 12.9. The van der Waals surface area contributed by atoms with Gasteiger partial charge in [0.05, 0.1) is 6.61 Å². The van der Waals surface area contributed by atoms with E-state index in [0.717, 1.165) is 30.2 Å². The van der Waals surface area contributed by atoms with Crippen LogP contribution in [-0.4, -0.2) is 38.7 Å². The molecule has 0 atom stereocenters. The minimum absolute atomic E-state index is 0. The predicted octanol–water partition coefficient (Wildman–Crippen LogP) is 4.02. The van der Waals surface area contributed by atoms with E-state index in [0.29, 0.717) is 38.0 Å². The predicted molar refractivity (Wildman–Crippen MR) is 128 cm³/mol. The summed E-state index contributed by atoms with van der Waals surface area (Å²) in [4.78, 5) is 16.1. The zero-order valence-electron chi connectivity index (χ0n) is 17.9. The minimum atomic E-state index is 0. The van der Waals surface area contributed by atoms with Crippen LogP contribution in [-0.2, 0) is 16.1 Å². The van der Waals surface area contributed by atoms with E-state index in [1.165, 1.54) is 0 Å². The molecule has 7 heteroatoms. The summed E-state index contributed by atoms with van der Waals surface area (Å²) in [5.41, 5.74) is 1.90. The molecule has 28 heavy (non-hydrogen) atoms. The van der Waals surface area contributed by atoms with Gasteiger partial charge in [-0.15, -0.1) is 24.0 Å². The van der Waals surface area contributed by atoms with Crippen LogP contribution in [0.2, 0.25) is 0 Å². The number of nitrogens with zero attached hydrogens (tertiary/aromatic N) is 1. The molecule has 160 valence electrons. The van der Waals surface area contributed by atoms with E-state index in [9.17, 15) is 4.79 Å². The number of hydrogen-bond donors (Lipinski definition) is 3. The standard InChI is InChI=1S/C21H36N4O2.HI/c1-16(2)9-11-27-12-10-23-21(22-5)24-15-18-7-6-8-19(14-18)25-20(26)13-17(3)4;/h6-8,14,16-17H,9-13,15H2,1-5H3,(H,25,26)(H2,22,23,24);1H. The van der Waals surface area contributed by atoms with E-state index in [-0.39, 0.29) is 29.9 Å². The maximum absolute atomic E-state index is 11.9. The zero-order chi connectivity index (χ0) is 20.1. The van der Waals surface area contributed by atoms with E-state index < -0.39 is 0 Å². The van der Waals surface area contributed by atoms with Crippen LogP contribution < -0.4 is 16.0 Å². The second kappa shape index (κ2) is 15.6. The molecule has 0 spiro atoms. The summed E-state index contributed by atoms with van der Waals surface area (Å²) >= 11 is 0. The number of nitrogens with one attached hydrogen (secondary N) is 3. The highest BCUT2D eigenvalue weighted by atomic mass is 127. The number of rotatable bonds is 11. The summed E-state index contributed by atoms with van der Waals surface area (Å²) in [5.74, 6) is 1.79. The lowest BCUT2D eigenvalue weighted by Crippen LogP contribution is -2.38. The summed E-state index contributed by atoms with van der Waals surface area (Å²) in [6.07, 6.45) is 1.61. The third-order valence-electron chi connectivity index (χ3n) is 3.87. The van der Waals surface area contributed by atoms with Crippen molar-refractivity contribution in [1.29, 1.82) is 0 Å². The zero-order valence-corrected chi connectivity index (χ0v) is 20.2. The summed E-state index contributed by atoms with van der Waals surface area (Å²) in [6, 6.07) is 7.85. The molecule has 1 aromatic rings. The lowest BCUT2D eigenvalue weighted by Gasteiger charge is -2.13. The number of guanidine groups is 1.